The minimum Gasteiger partial charge on any atom is -0.492 e. The van der Waals surface area contributed by atoms with E-state index < -0.39 is 0 Å². The molecule has 25 heavy (non-hydrogen) atoms. The van der Waals surface area contributed by atoms with E-state index in [0.717, 1.165) is 43.4 Å². The number of hydrogen-bond acceptors (Lipinski definition) is 6. The fraction of sp³-hybridized carbons (Fsp3) is 0.579. The molecule has 0 amide bonds. The molecule has 0 unspecified atom stereocenters. The second-order valence-corrected chi connectivity index (χ2v) is 8.13. The van der Waals surface area contributed by atoms with Gasteiger partial charge in [-0.3, -0.25) is 9.88 Å². The Bertz CT molecular complexity index is 693. The highest BCUT2D eigenvalue weighted by atomic mass is 32.1. The molecule has 1 aliphatic heterocycles. The van der Waals surface area contributed by atoms with E-state index in [2.05, 4.69) is 27.2 Å². The first-order chi connectivity index (χ1) is 12.2. The molecule has 3 heterocycles. The lowest BCUT2D eigenvalue weighted by Crippen LogP contribution is -2.54. The topological polar surface area (TPSA) is 47.5 Å². The molecule has 2 aromatic heterocycles. The largest absolute Gasteiger partial charge is 0.492 e. The van der Waals surface area contributed by atoms with Gasteiger partial charge in [-0.05, 0) is 38.3 Å². The van der Waals surface area contributed by atoms with Gasteiger partial charge in [0, 0.05) is 37.1 Å². The smallest absolute Gasteiger partial charge is 0.137 e. The van der Waals surface area contributed by atoms with Gasteiger partial charge in [0.25, 0.3) is 0 Å². The number of pyridine rings is 1. The van der Waals surface area contributed by atoms with E-state index in [-0.39, 0.29) is 5.60 Å². The molecule has 0 aromatic carbocycles. The molecular formula is C19H25N3O2S. The maximum absolute atomic E-state index is 6.35. The van der Waals surface area contributed by atoms with Gasteiger partial charge in [0.2, 0.25) is 0 Å². The molecule has 1 saturated carbocycles. The molecule has 2 fully saturated rings. The zero-order valence-electron chi connectivity index (χ0n) is 14.7. The van der Waals surface area contributed by atoms with Crippen LogP contribution in [0.2, 0.25) is 0 Å². The monoisotopic (exact) mass is 359 g/mol. The summed E-state index contributed by atoms with van der Waals surface area (Å²) in [4.78, 5) is 11.2. The van der Waals surface area contributed by atoms with Crippen LogP contribution < -0.4 is 4.74 Å². The van der Waals surface area contributed by atoms with Gasteiger partial charge in [0.1, 0.15) is 5.75 Å². The van der Waals surface area contributed by atoms with Crippen LogP contribution in [0.25, 0.3) is 0 Å². The number of thiazole rings is 1. The van der Waals surface area contributed by atoms with Crippen molar-refractivity contribution in [2.24, 2.45) is 5.92 Å². The molecule has 0 bridgehead atoms. The van der Waals surface area contributed by atoms with Crippen LogP contribution in [0, 0.1) is 12.8 Å². The Balaban J connectivity index is 1.40. The van der Waals surface area contributed by atoms with Crippen molar-refractivity contribution in [3.63, 3.8) is 0 Å². The molecule has 4 rings (SSSR count). The number of aryl methyl sites for hydroxylation is 1. The lowest BCUT2D eigenvalue weighted by molar-refractivity contribution is -0.137. The highest BCUT2D eigenvalue weighted by Crippen LogP contribution is 2.41. The predicted octanol–water partition coefficient (Wildman–Crippen LogP) is 3.30. The number of morpholine rings is 1. The van der Waals surface area contributed by atoms with Crippen molar-refractivity contribution in [1.82, 2.24) is 14.9 Å². The maximum Gasteiger partial charge on any atom is 0.137 e. The second-order valence-electron chi connectivity index (χ2n) is 7.07. The Hall–Kier alpha value is -1.50. The third-order valence-corrected chi connectivity index (χ3v) is 6.14. The lowest BCUT2D eigenvalue weighted by atomic mass is 9.89. The Morgan fingerprint density at radius 3 is 3.24 bits per heavy atom. The van der Waals surface area contributed by atoms with E-state index in [1.54, 1.807) is 23.7 Å². The zero-order chi connectivity index (χ0) is 17.1. The van der Waals surface area contributed by atoms with Gasteiger partial charge < -0.3 is 9.47 Å². The first-order valence-corrected chi connectivity index (χ1v) is 9.92. The van der Waals surface area contributed by atoms with E-state index in [1.807, 2.05) is 12.1 Å². The highest BCUT2D eigenvalue weighted by molar-refractivity contribution is 7.09. The Morgan fingerprint density at radius 1 is 1.48 bits per heavy atom. The minimum atomic E-state index is -0.0640. The molecule has 5 nitrogen and oxygen atoms in total. The number of ether oxygens (including phenoxy) is 2. The second kappa shape index (κ2) is 7.40. The summed E-state index contributed by atoms with van der Waals surface area (Å²) in [5, 5.41) is 3.32. The van der Waals surface area contributed by atoms with Crippen LogP contribution in [0.15, 0.2) is 29.9 Å². The quantitative estimate of drug-likeness (QED) is 0.820. The van der Waals surface area contributed by atoms with Gasteiger partial charge in [-0.15, -0.1) is 11.3 Å². The van der Waals surface area contributed by atoms with Crippen molar-refractivity contribution in [2.75, 3.05) is 26.3 Å². The van der Waals surface area contributed by atoms with Crippen LogP contribution in [0.4, 0.5) is 0 Å². The van der Waals surface area contributed by atoms with E-state index in [0.29, 0.717) is 12.5 Å². The lowest BCUT2D eigenvalue weighted by Gasteiger charge is -2.43. The third-order valence-electron chi connectivity index (χ3n) is 5.32. The summed E-state index contributed by atoms with van der Waals surface area (Å²) < 4.78 is 12.3. The van der Waals surface area contributed by atoms with Gasteiger partial charge in [-0.1, -0.05) is 0 Å². The average Bonchev–Trinajstić information content (AvgIpc) is 3.20. The molecule has 6 heteroatoms. The van der Waals surface area contributed by atoms with Gasteiger partial charge in [-0.25, -0.2) is 4.98 Å². The molecule has 1 aliphatic carbocycles. The van der Waals surface area contributed by atoms with Crippen molar-refractivity contribution >= 4 is 11.3 Å². The summed E-state index contributed by atoms with van der Waals surface area (Å²) in [6.45, 7) is 6.45. The first-order valence-electron chi connectivity index (χ1n) is 9.04. The fourth-order valence-electron chi connectivity index (χ4n) is 4.10. The van der Waals surface area contributed by atoms with Gasteiger partial charge in [0.15, 0.2) is 0 Å². The molecule has 0 radical (unpaired) electrons. The standard InChI is InChI=1S/C19H25N3O2S/c1-15-21-17(13-25-15)11-22-8-9-24-19(14-22)6-2-4-16(19)12-23-18-5-3-7-20-10-18/h3,5,7,10,13,16H,2,4,6,8-9,11-12,14H2,1H3/t16-,19-/m1/s1. The minimum absolute atomic E-state index is 0.0640. The Kier molecular flexibility index (Phi) is 5.01. The predicted molar refractivity (Wildman–Crippen MR) is 97.9 cm³/mol. The summed E-state index contributed by atoms with van der Waals surface area (Å²) in [5.74, 6) is 1.28. The molecular weight excluding hydrogens is 334 g/mol. The van der Waals surface area contributed by atoms with Gasteiger partial charge in [0.05, 0.1) is 35.7 Å². The van der Waals surface area contributed by atoms with Crippen molar-refractivity contribution in [1.29, 1.82) is 0 Å². The van der Waals surface area contributed by atoms with E-state index in [4.69, 9.17) is 9.47 Å². The van der Waals surface area contributed by atoms with E-state index >= 15 is 0 Å². The molecule has 1 spiro atoms. The van der Waals surface area contributed by atoms with E-state index in [9.17, 15) is 0 Å². The molecule has 2 aromatic rings. The maximum atomic E-state index is 6.35. The molecule has 0 N–H and O–H groups in total. The Morgan fingerprint density at radius 2 is 2.44 bits per heavy atom. The summed E-state index contributed by atoms with van der Waals surface area (Å²) in [7, 11) is 0. The molecule has 134 valence electrons. The number of hydrogen-bond donors (Lipinski definition) is 0. The highest BCUT2D eigenvalue weighted by Gasteiger charge is 2.47. The average molecular weight is 359 g/mol. The van der Waals surface area contributed by atoms with E-state index in [1.165, 1.54) is 18.5 Å². The number of nitrogens with zero attached hydrogens (tertiary/aromatic N) is 3. The third kappa shape index (κ3) is 3.86. The van der Waals surface area contributed by atoms with Crippen molar-refractivity contribution in [3.8, 4) is 5.75 Å². The van der Waals surface area contributed by atoms with Crippen molar-refractivity contribution in [3.05, 3.63) is 40.6 Å². The number of aromatic nitrogens is 2. The molecule has 2 atom stereocenters. The van der Waals surface area contributed by atoms with Crippen LogP contribution in [0.1, 0.15) is 30.0 Å². The van der Waals surface area contributed by atoms with Crippen LogP contribution in [0.5, 0.6) is 5.75 Å². The van der Waals surface area contributed by atoms with Crippen LogP contribution >= 0.6 is 11.3 Å². The molecule has 2 aliphatic rings. The Labute approximate surface area is 153 Å². The summed E-state index contributed by atoms with van der Waals surface area (Å²) in [5.41, 5.74) is 1.12. The van der Waals surface area contributed by atoms with Crippen LogP contribution in [-0.2, 0) is 11.3 Å². The fourth-order valence-corrected chi connectivity index (χ4v) is 4.71. The zero-order valence-corrected chi connectivity index (χ0v) is 15.5. The summed E-state index contributed by atoms with van der Waals surface area (Å²) in [6.07, 6.45) is 7.06. The summed E-state index contributed by atoms with van der Waals surface area (Å²) >= 11 is 1.73. The number of rotatable bonds is 5. The van der Waals surface area contributed by atoms with Crippen LogP contribution in [0.3, 0.4) is 0 Å². The SMILES string of the molecule is Cc1nc(CN2CCO[C@]3(CCC[C@@H]3COc3cccnc3)C2)cs1. The van der Waals surface area contributed by atoms with Crippen LogP contribution in [-0.4, -0.2) is 46.8 Å². The molecule has 1 saturated heterocycles. The van der Waals surface area contributed by atoms with Gasteiger partial charge >= 0.3 is 0 Å². The van der Waals surface area contributed by atoms with Gasteiger partial charge in [-0.2, -0.15) is 0 Å². The summed E-state index contributed by atoms with van der Waals surface area (Å²) in [6, 6.07) is 3.88. The van der Waals surface area contributed by atoms with Crippen molar-refractivity contribution < 1.29 is 9.47 Å². The first kappa shape index (κ1) is 16.9. The van der Waals surface area contributed by atoms with Crippen molar-refractivity contribution in [2.45, 2.75) is 38.3 Å². The normalized spacial score (nSPS) is 27.0.